The fourth-order valence-electron chi connectivity index (χ4n) is 2.83. The van der Waals surface area contributed by atoms with Crippen molar-refractivity contribution in [3.8, 4) is 5.75 Å². The van der Waals surface area contributed by atoms with E-state index in [4.69, 9.17) is 4.74 Å². The molecule has 0 aromatic heterocycles. The van der Waals surface area contributed by atoms with E-state index in [1.54, 1.807) is 7.11 Å². The summed E-state index contributed by atoms with van der Waals surface area (Å²) in [5.41, 5.74) is 1.44. The van der Waals surface area contributed by atoms with Gasteiger partial charge in [0, 0.05) is 6.04 Å². The highest BCUT2D eigenvalue weighted by molar-refractivity contribution is 5.27. The molecule has 2 rings (SSSR count). The van der Waals surface area contributed by atoms with Gasteiger partial charge in [-0.1, -0.05) is 25.0 Å². The molecular weight excluding hydrogens is 210 g/mol. The summed E-state index contributed by atoms with van der Waals surface area (Å²) in [5.74, 6) is 1.79. The largest absolute Gasteiger partial charge is 0.497 e. The van der Waals surface area contributed by atoms with E-state index in [-0.39, 0.29) is 0 Å². The molecule has 2 atom stereocenters. The molecule has 1 N–H and O–H groups in total. The van der Waals surface area contributed by atoms with Crippen LogP contribution in [0.4, 0.5) is 0 Å². The van der Waals surface area contributed by atoms with Crippen LogP contribution in [0.1, 0.15) is 31.2 Å². The number of benzene rings is 1. The van der Waals surface area contributed by atoms with Crippen LogP contribution >= 0.6 is 0 Å². The van der Waals surface area contributed by atoms with Gasteiger partial charge in [-0.25, -0.2) is 0 Å². The van der Waals surface area contributed by atoms with Crippen LogP contribution in [0, 0.1) is 5.92 Å². The molecule has 2 nitrogen and oxygen atoms in total. The van der Waals surface area contributed by atoms with Crippen molar-refractivity contribution < 1.29 is 4.74 Å². The van der Waals surface area contributed by atoms with Gasteiger partial charge in [0.05, 0.1) is 7.11 Å². The topological polar surface area (TPSA) is 21.3 Å². The Morgan fingerprint density at radius 1 is 1.24 bits per heavy atom. The summed E-state index contributed by atoms with van der Waals surface area (Å²) >= 11 is 0. The number of hydrogen-bond acceptors (Lipinski definition) is 2. The maximum Gasteiger partial charge on any atom is 0.118 e. The second-order valence-corrected chi connectivity index (χ2v) is 5.07. The standard InChI is InChI=1S/C15H23NO/c1-16-14-5-3-4-13(11-14)10-12-6-8-15(17-2)9-7-12/h6-9,13-14,16H,3-5,10-11H2,1-2H3. The fourth-order valence-corrected chi connectivity index (χ4v) is 2.83. The molecule has 1 saturated carbocycles. The molecule has 0 radical (unpaired) electrons. The first-order valence-electron chi connectivity index (χ1n) is 6.62. The van der Waals surface area contributed by atoms with Crippen molar-refractivity contribution in [3.63, 3.8) is 0 Å². The molecule has 0 saturated heterocycles. The number of hydrogen-bond donors (Lipinski definition) is 1. The van der Waals surface area contributed by atoms with Gasteiger partial charge in [0.1, 0.15) is 5.75 Å². The predicted octanol–water partition coefficient (Wildman–Crippen LogP) is 3.02. The van der Waals surface area contributed by atoms with Gasteiger partial charge >= 0.3 is 0 Å². The summed E-state index contributed by atoms with van der Waals surface area (Å²) in [6.07, 6.45) is 6.62. The lowest BCUT2D eigenvalue weighted by Crippen LogP contribution is -2.31. The minimum Gasteiger partial charge on any atom is -0.497 e. The monoisotopic (exact) mass is 233 g/mol. The van der Waals surface area contributed by atoms with E-state index in [9.17, 15) is 0 Å². The molecule has 0 amide bonds. The van der Waals surface area contributed by atoms with Gasteiger partial charge in [0.25, 0.3) is 0 Å². The van der Waals surface area contributed by atoms with Crippen molar-refractivity contribution in [2.24, 2.45) is 5.92 Å². The minimum absolute atomic E-state index is 0.729. The number of ether oxygens (including phenoxy) is 1. The molecule has 1 aromatic carbocycles. The average Bonchev–Trinajstić information content (AvgIpc) is 2.40. The molecular formula is C15H23NO. The normalized spacial score (nSPS) is 24.6. The van der Waals surface area contributed by atoms with Crippen LogP contribution in [0.3, 0.4) is 0 Å². The van der Waals surface area contributed by atoms with Crippen LogP contribution in [0.5, 0.6) is 5.75 Å². The van der Waals surface area contributed by atoms with E-state index < -0.39 is 0 Å². The highest BCUT2D eigenvalue weighted by Gasteiger charge is 2.20. The van der Waals surface area contributed by atoms with Gasteiger partial charge in [-0.3, -0.25) is 0 Å². The molecule has 2 heteroatoms. The van der Waals surface area contributed by atoms with Crippen LogP contribution in [-0.2, 0) is 6.42 Å². The molecule has 1 aliphatic carbocycles. The third kappa shape index (κ3) is 3.47. The van der Waals surface area contributed by atoms with E-state index >= 15 is 0 Å². The van der Waals surface area contributed by atoms with Crippen molar-refractivity contribution in [1.82, 2.24) is 5.32 Å². The Morgan fingerprint density at radius 3 is 2.65 bits per heavy atom. The lowest BCUT2D eigenvalue weighted by Gasteiger charge is -2.29. The van der Waals surface area contributed by atoms with Gasteiger partial charge in [-0.15, -0.1) is 0 Å². The molecule has 17 heavy (non-hydrogen) atoms. The number of methoxy groups -OCH3 is 1. The van der Waals surface area contributed by atoms with E-state index in [1.165, 1.54) is 37.7 Å². The van der Waals surface area contributed by atoms with Crippen LogP contribution in [0.2, 0.25) is 0 Å². The van der Waals surface area contributed by atoms with Crippen molar-refractivity contribution in [1.29, 1.82) is 0 Å². The molecule has 0 heterocycles. The summed E-state index contributed by atoms with van der Waals surface area (Å²) in [6, 6.07) is 9.25. The Labute approximate surface area is 104 Å². The summed E-state index contributed by atoms with van der Waals surface area (Å²) < 4.78 is 5.18. The zero-order valence-electron chi connectivity index (χ0n) is 10.9. The summed E-state index contributed by atoms with van der Waals surface area (Å²) in [5, 5.41) is 3.42. The Morgan fingerprint density at radius 2 is 2.00 bits per heavy atom. The molecule has 1 aromatic rings. The molecule has 0 aliphatic heterocycles. The zero-order valence-corrected chi connectivity index (χ0v) is 10.9. The van der Waals surface area contributed by atoms with E-state index in [0.29, 0.717) is 0 Å². The summed E-state index contributed by atoms with van der Waals surface area (Å²) in [7, 11) is 3.80. The smallest absolute Gasteiger partial charge is 0.118 e. The van der Waals surface area contributed by atoms with Gasteiger partial charge < -0.3 is 10.1 Å². The third-order valence-corrected chi connectivity index (χ3v) is 3.87. The molecule has 1 aliphatic rings. The lowest BCUT2D eigenvalue weighted by molar-refractivity contribution is 0.294. The van der Waals surface area contributed by atoms with E-state index in [2.05, 4.69) is 36.6 Å². The fraction of sp³-hybridized carbons (Fsp3) is 0.600. The van der Waals surface area contributed by atoms with Crippen LogP contribution in [-0.4, -0.2) is 20.2 Å². The van der Waals surface area contributed by atoms with Crippen molar-refractivity contribution in [2.75, 3.05) is 14.2 Å². The SMILES string of the molecule is CNC1CCCC(Cc2ccc(OC)cc2)C1. The number of nitrogens with one attached hydrogen (secondary N) is 1. The van der Waals surface area contributed by atoms with E-state index in [0.717, 1.165) is 17.7 Å². The second kappa shape index (κ2) is 6.06. The minimum atomic E-state index is 0.729. The van der Waals surface area contributed by atoms with E-state index in [1.807, 2.05) is 0 Å². The predicted molar refractivity (Wildman–Crippen MR) is 71.5 cm³/mol. The quantitative estimate of drug-likeness (QED) is 0.863. The molecule has 0 spiro atoms. The number of rotatable bonds is 4. The van der Waals surface area contributed by atoms with Crippen LogP contribution < -0.4 is 10.1 Å². The van der Waals surface area contributed by atoms with Crippen molar-refractivity contribution >= 4 is 0 Å². The van der Waals surface area contributed by atoms with Gasteiger partial charge in [-0.05, 0) is 49.9 Å². The van der Waals surface area contributed by atoms with Crippen LogP contribution in [0.15, 0.2) is 24.3 Å². The average molecular weight is 233 g/mol. The van der Waals surface area contributed by atoms with Gasteiger partial charge in [-0.2, -0.15) is 0 Å². The van der Waals surface area contributed by atoms with Crippen molar-refractivity contribution in [3.05, 3.63) is 29.8 Å². The maximum absolute atomic E-state index is 5.18. The highest BCUT2D eigenvalue weighted by atomic mass is 16.5. The van der Waals surface area contributed by atoms with Crippen LogP contribution in [0.25, 0.3) is 0 Å². The van der Waals surface area contributed by atoms with Gasteiger partial charge in [0.2, 0.25) is 0 Å². The van der Waals surface area contributed by atoms with Gasteiger partial charge in [0.15, 0.2) is 0 Å². The molecule has 94 valence electrons. The first-order chi connectivity index (χ1) is 8.31. The molecule has 0 bridgehead atoms. The molecule has 1 fully saturated rings. The third-order valence-electron chi connectivity index (χ3n) is 3.87. The Balaban J connectivity index is 1.90. The maximum atomic E-state index is 5.18. The first kappa shape index (κ1) is 12.4. The van der Waals surface area contributed by atoms with Crippen molar-refractivity contribution in [2.45, 2.75) is 38.1 Å². The zero-order chi connectivity index (χ0) is 12.1. The lowest BCUT2D eigenvalue weighted by atomic mass is 9.82. The Hall–Kier alpha value is -1.02. The second-order valence-electron chi connectivity index (χ2n) is 5.07. The highest BCUT2D eigenvalue weighted by Crippen LogP contribution is 2.27. The summed E-state index contributed by atoms with van der Waals surface area (Å²) in [6.45, 7) is 0. The summed E-state index contributed by atoms with van der Waals surface area (Å²) in [4.78, 5) is 0. The Bertz CT molecular complexity index is 333. The molecule has 2 unspecified atom stereocenters. The first-order valence-corrected chi connectivity index (χ1v) is 6.62. The Kier molecular flexibility index (Phi) is 4.43.